The lowest BCUT2D eigenvalue weighted by molar-refractivity contribution is 0.0608. The van der Waals surface area contributed by atoms with Crippen LogP contribution < -0.4 is 0 Å². The summed E-state index contributed by atoms with van der Waals surface area (Å²) in [5.41, 5.74) is 0. The van der Waals surface area contributed by atoms with E-state index < -0.39 is 0 Å². The Morgan fingerprint density at radius 1 is 1.06 bits per heavy atom. The third-order valence-corrected chi connectivity index (χ3v) is 4.78. The molecule has 1 fully saturated rings. The molecule has 1 N–H and O–H groups in total. The molecular weight excluding hydrogens is 208 g/mol. The Bertz CT molecular complexity index is 182. The van der Waals surface area contributed by atoms with Crippen LogP contribution in [0.5, 0.6) is 0 Å². The highest BCUT2D eigenvalue weighted by Crippen LogP contribution is 2.34. The number of hydrogen-bond acceptors (Lipinski definition) is 1. The molecule has 0 saturated heterocycles. The summed E-state index contributed by atoms with van der Waals surface area (Å²) in [6.45, 7) is 6.82. The average Bonchev–Trinajstić information content (AvgIpc) is 2.36. The molecule has 1 aliphatic rings. The fourth-order valence-corrected chi connectivity index (χ4v) is 3.17. The first-order chi connectivity index (χ1) is 8.17. The van der Waals surface area contributed by atoms with Crippen molar-refractivity contribution in [3.63, 3.8) is 0 Å². The van der Waals surface area contributed by atoms with Gasteiger partial charge in [-0.05, 0) is 43.4 Å². The van der Waals surface area contributed by atoms with Crippen LogP contribution in [0.25, 0.3) is 0 Å². The molecule has 0 aliphatic heterocycles. The Kier molecular flexibility index (Phi) is 7.18. The predicted molar refractivity (Wildman–Crippen MR) is 75.1 cm³/mol. The lowest BCUT2D eigenvalue weighted by atomic mass is 9.76. The maximum atomic E-state index is 10.2. The Hall–Kier alpha value is -0.0400. The Balaban J connectivity index is 2.19. The Morgan fingerprint density at radius 3 is 2.24 bits per heavy atom. The van der Waals surface area contributed by atoms with Gasteiger partial charge in [0.1, 0.15) is 0 Å². The Morgan fingerprint density at radius 2 is 1.71 bits per heavy atom. The van der Waals surface area contributed by atoms with Crippen LogP contribution in [0.1, 0.15) is 78.6 Å². The van der Waals surface area contributed by atoms with E-state index in [0.717, 1.165) is 18.3 Å². The maximum absolute atomic E-state index is 10.2. The van der Waals surface area contributed by atoms with Gasteiger partial charge in [0.2, 0.25) is 0 Å². The number of rotatable bonds is 7. The van der Waals surface area contributed by atoms with Crippen LogP contribution in [0.3, 0.4) is 0 Å². The van der Waals surface area contributed by atoms with Gasteiger partial charge in [0.05, 0.1) is 6.10 Å². The van der Waals surface area contributed by atoms with E-state index in [9.17, 15) is 5.11 Å². The Labute approximate surface area is 108 Å². The SMILES string of the molecule is CCCC1CCC(C(O)CCC(C)CC)CC1. The fourth-order valence-electron chi connectivity index (χ4n) is 3.17. The summed E-state index contributed by atoms with van der Waals surface area (Å²) in [4.78, 5) is 0. The molecule has 1 nitrogen and oxygen atoms in total. The van der Waals surface area contributed by atoms with Gasteiger partial charge < -0.3 is 5.11 Å². The molecule has 1 heteroatoms. The van der Waals surface area contributed by atoms with Gasteiger partial charge in [-0.25, -0.2) is 0 Å². The topological polar surface area (TPSA) is 20.2 Å². The molecular formula is C16H32O. The zero-order valence-electron chi connectivity index (χ0n) is 12.1. The molecule has 1 saturated carbocycles. The van der Waals surface area contributed by atoms with Crippen molar-refractivity contribution in [1.82, 2.24) is 0 Å². The molecule has 0 aromatic carbocycles. The zero-order valence-corrected chi connectivity index (χ0v) is 12.1. The highest BCUT2D eigenvalue weighted by Gasteiger charge is 2.25. The van der Waals surface area contributed by atoms with Crippen LogP contribution in [-0.4, -0.2) is 11.2 Å². The van der Waals surface area contributed by atoms with Crippen molar-refractivity contribution in [2.45, 2.75) is 84.7 Å². The van der Waals surface area contributed by atoms with E-state index in [1.165, 1.54) is 51.4 Å². The van der Waals surface area contributed by atoms with Gasteiger partial charge >= 0.3 is 0 Å². The van der Waals surface area contributed by atoms with E-state index in [0.29, 0.717) is 5.92 Å². The van der Waals surface area contributed by atoms with E-state index >= 15 is 0 Å². The minimum absolute atomic E-state index is 0.0217. The zero-order chi connectivity index (χ0) is 12.7. The molecule has 1 aliphatic carbocycles. The highest BCUT2D eigenvalue weighted by atomic mass is 16.3. The molecule has 102 valence electrons. The predicted octanol–water partition coefficient (Wildman–Crippen LogP) is 4.78. The molecule has 0 bridgehead atoms. The largest absolute Gasteiger partial charge is 0.393 e. The van der Waals surface area contributed by atoms with Crippen molar-refractivity contribution in [1.29, 1.82) is 0 Å². The van der Waals surface area contributed by atoms with Gasteiger partial charge in [-0.3, -0.25) is 0 Å². The van der Waals surface area contributed by atoms with E-state index in [4.69, 9.17) is 0 Å². The van der Waals surface area contributed by atoms with Crippen molar-refractivity contribution in [3.05, 3.63) is 0 Å². The standard InChI is InChI=1S/C16H32O/c1-4-6-14-8-10-15(11-9-14)16(17)12-7-13(3)5-2/h13-17H,4-12H2,1-3H3. The summed E-state index contributed by atoms with van der Waals surface area (Å²) in [5, 5.41) is 10.2. The highest BCUT2D eigenvalue weighted by molar-refractivity contribution is 4.77. The smallest absolute Gasteiger partial charge is 0.0568 e. The summed E-state index contributed by atoms with van der Waals surface area (Å²) < 4.78 is 0. The van der Waals surface area contributed by atoms with Crippen molar-refractivity contribution in [2.24, 2.45) is 17.8 Å². The van der Waals surface area contributed by atoms with Crippen LogP contribution in [-0.2, 0) is 0 Å². The first-order valence-corrected chi connectivity index (χ1v) is 7.85. The summed E-state index contributed by atoms with van der Waals surface area (Å²) >= 11 is 0. The molecule has 0 spiro atoms. The van der Waals surface area contributed by atoms with Gasteiger partial charge in [0.25, 0.3) is 0 Å². The van der Waals surface area contributed by atoms with E-state index in [1.54, 1.807) is 0 Å². The molecule has 0 amide bonds. The summed E-state index contributed by atoms with van der Waals surface area (Å²) in [5.74, 6) is 2.34. The quantitative estimate of drug-likeness (QED) is 0.679. The van der Waals surface area contributed by atoms with Crippen LogP contribution >= 0.6 is 0 Å². The van der Waals surface area contributed by atoms with Crippen LogP contribution in [0.2, 0.25) is 0 Å². The van der Waals surface area contributed by atoms with Crippen LogP contribution in [0.15, 0.2) is 0 Å². The molecule has 0 aromatic heterocycles. The lowest BCUT2D eigenvalue weighted by Crippen LogP contribution is -2.26. The van der Waals surface area contributed by atoms with E-state index in [1.807, 2.05) is 0 Å². The fraction of sp³-hybridized carbons (Fsp3) is 1.00. The second kappa shape index (κ2) is 8.13. The van der Waals surface area contributed by atoms with Crippen LogP contribution in [0.4, 0.5) is 0 Å². The van der Waals surface area contributed by atoms with Crippen LogP contribution in [0, 0.1) is 17.8 Å². The van der Waals surface area contributed by atoms with Gasteiger partial charge in [0.15, 0.2) is 0 Å². The molecule has 2 atom stereocenters. The third-order valence-electron chi connectivity index (χ3n) is 4.78. The van der Waals surface area contributed by atoms with Crippen molar-refractivity contribution < 1.29 is 5.11 Å². The van der Waals surface area contributed by atoms with E-state index in [2.05, 4.69) is 20.8 Å². The molecule has 1 rings (SSSR count). The second-order valence-corrected chi connectivity index (χ2v) is 6.23. The summed E-state index contributed by atoms with van der Waals surface area (Å²) in [6.07, 6.45) is 11.4. The maximum Gasteiger partial charge on any atom is 0.0568 e. The van der Waals surface area contributed by atoms with Crippen molar-refractivity contribution >= 4 is 0 Å². The van der Waals surface area contributed by atoms with Gasteiger partial charge in [-0.15, -0.1) is 0 Å². The minimum Gasteiger partial charge on any atom is -0.393 e. The lowest BCUT2D eigenvalue weighted by Gasteiger charge is -2.31. The monoisotopic (exact) mass is 240 g/mol. The molecule has 17 heavy (non-hydrogen) atoms. The first kappa shape index (κ1) is 15.0. The van der Waals surface area contributed by atoms with Gasteiger partial charge in [0, 0.05) is 0 Å². The third kappa shape index (κ3) is 5.42. The van der Waals surface area contributed by atoms with E-state index in [-0.39, 0.29) is 6.10 Å². The van der Waals surface area contributed by atoms with Crippen molar-refractivity contribution in [3.8, 4) is 0 Å². The molecule has 0 radical (unpaired) electrons. The average molecular weight is 240 g/mol. The van der Waals surface area contributed by atoms with Crippen molar-refractivity contribution in [2.75, 3.05) is 0 Å². The summed E-state index contributed by atoms with van der Waals surface area (Å²) in [6, 6.07) is 0. The normalized spacial score (nSPS) is 28.9. The number of aliphatic hydroxyl groups is 1. The van der Waals surface area contributed by atoms with Gasteiger partial charge in [-0.2, -0.15) is 0 Å². The molecule has 0 aromatic rings. The summed E-state index contributed by atoms with van der Waals surface area (Å²) in [7, 11) is 0. The second-order valence-electron chi connectivity index (χ2n) is 6.23. The minimum atomic E-state index is -0.0217. The number of hydrogen-bond donors (Lipinski definition) is 1. The molecule has 0 heterocycles. The first-order valence-electron chi connectivity index (χ1n) is 7.85. The molecule has 2 unspecified atom stereocenters. The number of aliphatic hydroxyl groups excluding tert-OH is 1. The van der Waals surface area contributed by atoms with Gasteiger partial charge in [-0.1, -0.05) is 52.9 Å².